The first-order chi connectivity index (χ1) is 10.6. The third kappa shape index (κ3) is 2.71. The third-order valence-electron chi connectivity index (χ3n) is 3.99. The summed E-state index contributed by atoms with van der Waals surface area (Å²) in [5.74, 6) is 1.46. The molecule has 1 aliphatic rings. The van der Waals surface area contributed by atoms with E-state index in [9.17, 15) is 4.79 Å². The van der Waals surface area contributed by atoms with E-state index in [0.29, 0.717) is 23.8 Å². The number of carbonyl (C=O) groups excluding carboxylic acids is 1. The summed E-state index contributed by atoms with van der Waals surface area (Å²) in [4.78, 5) is 12.2. The molecule has 0 aliphatic carbocycles. The number of carbonyl (C=O) groups is 1. The van der Waals surface area contributed by atoms with E-state index >= 15 is 0 Å². The Morgan fingerprint density at radius 3 is 2.55 bits per heavy atom. The molecule has 0 bridgehead atoms. The van der Waals surface area contributed by atoms with Gasteiger partial charge in [-0.2, -0.15) is 0 Å². The van der Waals surface area contributed by atoms with Crippen LogP contribution in [0.25, 0.3) is 0 Å². The molecule has 0 radical (unpaired) electrons. The normalized spacial score (nSPS) is 17.1. The van der Waals surface area contributed by atoms with Crippen LogP contribution < -0.4 is 9.47 Å². The van der Waals surface area contributed by atoms with Gasteiger partial charge < -0.3 is 9.47 Å². The van der Waals surface area contributed by atoms with Crippen molar-refractivity contribution < 1.29 is 14.3 Å². The quantitative estimate of drug-likeness (QED) is 0.633. The lowest BCUT2D eigenvalue weighted by Gasteiger charge is -2.28. The fourth-order valence-electron chi connectivity index (χ4n) is 2.84. The minimum absolute atomic E-state index is 0.319. The summed E-state index contributed by atoms with van der Waals surface area (Å²) in [6.07, 6.45) is -0.0349. The molecule has 0 spiro atoms. The zero-order valence-electron chi connectivity index (χ0n) is 13.1. The molecule has 0 aromatic heterocycles. The lowest BCUT2D eigenvalue weighted by Crippen LogP contribution is -2.38. The first-order valence-corrected chi connectivity index (χ1v) is 7.62. The molecule has 0 saturated carbocycles. The van der Waals surface area contributed by atoms with Crippen LogP contribution in [0, 0.1) is 6.92 Å². The molecular formula is C19H20O3. The van der Waals surface area contributed by atoms with Gasteiger partial charge in [-0.1, -0.05) is 44.2 Å². The summed E-state index contributed by atoms with van der Waals surface area (Å²) in [5.41, 5.74) is 3.30. The van der Waals surface area contributed by atoms with Crippen LogP contribution in [0.5, 0.6) is 11.5 Å². The van der Waals surface area contributed by atoms with Gasteiger partial charge in [-0.25, -0.2) is 4.79 Å². The highest BCUT2D eigenvalue weighted by molar-refractivity contribution is 5.81. The molecule has 3 nitrogen and oxygen atoms in total. The van der Waals surface area contributed by atoms with Gasteiger partial charge >= 0.3 is 5.97 Å². The van der Waals surface area contributed by atoms with Gasteiger partial charge in [-0.3, -0.25) is 0 Å². The summed E-state index contributed by atoms with van der Waals surface area (Å²) < 4.78 is 11.4. The van der Waals surface area contributed by atoms with Gasteiger partial charge in [-0.05, 0) is 36.1 Å². The fraction of sp³-hybridized carbons (Fsp3) is 0.316. The van der Waals surface area contributed by atoms with Gasteiger partial charge in [0.2, 0.25) is 0 Å². The number of ether oxygens (including phenoxy) is 2. The van der Waals surface area contributed by atoms with Crippen molar-refractivity contribution in [3.8, 4) is 11.5 Å². The molecule has 1 aliphatic heterocycles. The molecule has 3 heteroatoms. The number of hydrogen-bond donors (Lipinski definition) is 0. The van der Waals surface area contributed by atoms with Crippen molar-refractivity contribution >= 4 is 5.97 Å². The molecule has 1 heterocycles. The van der Waals surface area contributed by atoms with Crippen LogP contribution in [-0.4, -0.2) is 12.1 Å². The molecule has 0 N–H and O–H groups in total. The standard InChI is InChI=1S/C19H20O3/c1-12(2)15-10-9-13(3)18-16(15)11-17(19(20)22-18)21-14-7-5-4-6-8-14/h4-10,12,17H,11H2,1-3H3. The first-order valence-electron chi connectivity index (χ1n) is 7.62. The Labute approximate surface area is 130 Å². The summed E-state index contributed by atoms with van der Waals surface area (Å²) >= 11 is 0. The predicted octanol–water partition coefficient (Wildman–Crippen LogP) is 4.03. The van der Waals surface area contributed by atoms with Crippen LogP contribution in [0.1, 0.15) is 36.5 Å². The van der Waals surface area contributed by atoms with Crippen LogP contribution in [0.2, 0.25) is 0 Å². The predicted molar refractivity (Wildman–Crippen MR) is 85.5 cm³/mol. The molecular weight excluding hydrogens is 276 g/mol. The van der Waals surface area contributed by atoms with E-state index in [-0.39, 0.29) is 5.97 Å². The van der Waals surface area contributed by atoms with Crippen LogP contribution in [-0.2, 0) is 11.2 Å². The summed E-state index contributed by atoms with van der Waals surface area (Å²) in [6, 6.07) is 13.5. The summed E-state index contributed by atoms with van der Waals surface area (Å²) in [5, 5.41) is 0. The maximum absolute atomic E-state index is 12.2. The van der Waals surface area contributed by atoms with E-state index in [0.717, 1.165) is 11.1 Å². The van der Waals surface area contributed by atoms with E-state index in [4.69, 9.17) is 9.47 Å². The fourth-order valence-corrected chi connectivity index (χ4v) is 2.84. The number of aryl methyl sites for hydroxylation is 1. The van der Waals surface area contributed by atoms with E-state index in [1.165, 1.54) is 5.56 Å². The lowest BCUT2D eigenvalue weighted by molar-refractivity contribution is -0.143. The second kappa shape index (κ2) is 5.84. The highest BCUT2D eigenvalue weighted by atomic mass is 16.6. The Balaban J connectivity index is 1.93. The third-order valence-corrected chi connectivity index (χ3v) is 3.99. The molecule has 2 aromatic carbocycles. The summed E-state index contributed by atoms with van der Waals surface area (Å²) in [6.45, 7) is 6.26. The minimum atomic E-state index is -0.589. The molecule has 3 rings (SSSR count). The van der Waals surface area contributed by atoms with Crippen LogP contribution >= 0.6 is 0 Å². The number of esters is 1. The maximum Gasteiger partial charge on any atom is 0.353 e. The second-order valence-corrected chi connectivity index (χ2v) is 5.98. The number of rotatable bonds is 3. The Kier molecular flexibility index (Phi) is 3.88. The van der Waals surface area contributed by atoms with Crippen LogP contribution in [0.4, 0.5) is 0 Å². The SMILES string of the molecule is Cc1ccc(C(C)C)c2c1OC(=O)C(Oc1ccccc1)C2. The Hall–Kier alpha value is -2.29. The van der Waals surface area contributed by atoms with Gasteiger partial charge in [-0.15, -0.1) is 0 Å². The number of para-hydroxylation sites is 1. The highest BCUT2D eigenvalue weighted by Crippen LogP contribution is 2.36. The summed E-state index contributed by atoms with van der Waals surface area (Å²) in [7, 11) is 0. The van der Waals surface area contributed by atoms with E-state index in [2.05, 4.69) is 19.9 Å². The minimum Gasteiger partial charge on any atom is -0.478 e. The molecule has 0 saturated heterocycles. The topological polar surface area (TPSA) is 35.5 Å². The monoisotopic (exact) mass is 296 g/mol. The van der Waals surface area contributed by atoms with Crippen molar-refractivity contribution in [3.05, 3.63) is 59.2 Å². The van der Waals surface area contributed by atoms with Gasteiger partial charge in [0.25, 0.3) is 0 Å². The van der Waals surface area contributed by atoms with Gasteiger partial charge in [0, 0.05) is 12.0 Å². The van der Waals surface area contributed by atoms with Crippen molar-refractivity contribution in [1.82, 2.24) is 0 Å². The van der Waals surface area contributed by atoms with E-state index in [1.54, 1.807) is 0 Å². The molecule has 22 heavy (non-hydrogen) atoms. The van der Waals surface area contributed by atoms with Gasteiger partial charge in [0.15, 0.2) is 6.10 Å². The lowest BCUT2D eigenvalue weighted by atomic mass is 9.90. The largest absolute Gasteiger partial charge is 0.478 e. The van der Waals surface area contributed by atoms with Crippen molar-refractivity contribution in [3.63, 3.8) is 0 Å². The Morgan fingerprint density at radius 1 is 1.14 bits per heavy atom. The highest BCUT2D eigenvalue weighted by Gasteiger charge is 2.33. The molecule has 114 valence electrons. The van der Waals surface area contributed by atoms with E-state index < -0.39 is 6.10 Å². The molecule has 0 fully saturated rings. The zero-order chi connectivity index (χ0) is 15.7. The second-order valence-electron chi connectivity index (χ2n) is 5.98. The number of hydrogen-bond acceptors (Lipinski definition) is 3. The average molecular weight is 296 g/mol. The smallest absolute Gasteiger partial charge is 0.353 e. The van der Waals surface area contributed by atoms with Crippen molar-refractivity contribution in [2.24, 2.45) is 0 Å². The Bertz CT molecular complexity index is 689. The van der Waals surface area contributed by atoms with Crippen molar-refractivity contribution in [1.29, 1.82) is 0 Å². The average Bonchev–Trinajstić information content (AvgIpc) is 2.50. The number of benzene rings is 2. The zero-order valence-corrected chi connectivity index (χ0v) is 13.1. The molecule has 1 unspecified atom stereocenters. The van der Waals surface area contributed by atoms with Crippen molar-refractivity contribution in [2.45, 2.75) is 39.2 Å². The number of fused-ring (bicyclic) bond motifs is 1. The molecule has 0 amide bonds. The van der Waals surface area contributed by atoms with Gasteiger partial charge in [0.05, 0.1) is 0 Å². The Morgan fingerprint density at radius 2 is 1.86 bits per heavy atom. The van der Waals surface area contributed by atoms with Crippen molar-refractivity contribution in [2.75, 3.05) is 0 Å². The molecule has 2 aromatic rings. The molecule has 1 atom stereocenters. The van der Waals surface area contributed by atoms with Crippen LogP contribution in [0.15, 0.2) is 42.5 Å². The first kappa shape index (κ1) is 14.6. The maximum atomic E-state index is 12.2. The van der Waals surface area contributed by atoms with Crippen LogP contribution in [0.3, 0.4) is 0 Å². The van der Waals surface area contributed by atoms with E-state index in [1.807, 2.05) is 43.3 Å². The van der Waals surface area contributed by atoms with Gasteiger partial charge in [0.1, 0.15) is 11.5 Å².